The predicted molar refractivity (Wildman–Crippen MR) is 136 cm³/mol. The van der Waals surface area contributed by atoms with Gasteiger partial charge in [-0.3, -0.25) is 4.98 Å². The molecule has 6 atom stereocenters. The van der Waals surface area contributed by atoms with Crippen LogP contribution in [0.4, 0.5) is 0 Å². The first kappa shape index (κ1) is 21.6. The molecular weight excluding hydrogens is 402 g/mol. The molecule has 0 amide bonds. The minimum absolute atomic E-state index is 0.0440. The fourth-order valence-electron chi connectivity index (χ4n) is 8.45. The molecule has 6 rings (SSSR count). The van der Waals surface area contributed by atoms with Crippen molar-refractivity contribution in [1.29, 1.82) is 0 Å². The highest BCUT2D eigenvalue weighted by molar-refractivity contribution is 5.56. The summed E-state index contributed by atoms with van der Waals surface area (Å²) >= 11 is 0. The van der Waals surface area contributed by atoms with Gasteiger partial charge in [0.2, 0.25) is 0 Å². The first-order chi connectivity index (χ1) is 15.9. The molecule has 5 aliphatic rings. The molecule has 1 aromatic heterocycles. The second-order valence-corrected chi connectivity index (χ2v) is 11.9. The number of ether oxygens (including phenoxy) is 1. The van der Waals surface area contributed by atoms with Gasteiger partial charge in [0.1, 0.15) is 0 Å². The zero-order chi connectivity index (χ0) is 22.8. The predicted octanol–water partition coefficient (Wildman–Crippen LogP) is 7.76. The molecule has 1 saturated heterocycles. The third-order valence-corrected chi connectivity index (χ3v) is 10.3. The minimum atomic E-state index is -0.0490. The number of rotatable bonds is 4. The van der Waals surface area contributed by atoms with Crippen LogP contribution in [0.15, 0.2) is 60.0 Å². The molecule has 0 N–H and O–H groups in total. The Kier molecular flexibility index (Phi) is 4.93. The Morgan fingerprint density at radius 2 is 2.15 bits per heavy atom. The van der Waals surface area contributed by atoms with Crippen molar-refractivity contribution in [1.82, 2.24) is 4.98 Å². The van der Waals surface area contributed by atoms with Crippen molar-refractivity contribution in [2.24, 2.45) is 23.2 Å². The van der Waals surface area contributed by atoms with E-state index in [1.165, 1.54) is 73.6 Å². The third-order valence-electron chi connectivity index (χ3n) is 10.3. The summed E-state index contributed by atoms with van der Waals surface area (Å²) in [5.74, 6) is 1.95. The fourth-order valence-corrected chi connectivity index (χ4v) is 8.45. The lowest BCUT2D eigenvalue weighted by molar-refractivity contribution is -0.140. The minimum Gasteiger partial charge on any atom is -0.359 e. The van der Waals surface area contributed by atoms with Gasteiger partial charge in [0.05, 0.1) is 11.2 Å². The van der Waals surface area contributed by atoms with E-state index in [-0.39, 0.29) is 16.6 Å². The van der Waals surface area contributed by atoms with Gasteiger partial charge in [-0.05, 0) is 110 Å². The molecule has 0 unspecified atom stereocenters. The Balaban J connectivity index is 1.30. The van der Waals surface area contributed by atoms with E-state index in [1.807, 2.05) is 12.4 Å². The number of hydrogen-bond donors (Lipinski definition) is 0. The van der Waals surface area contributed by atoms with Gasteiger partial charge in [0.25, 0.3) is 0 Å². The van der Waals surface area contributed by atoms with E-state index in [0.29, 0.717) is 11.8 Å². The number of pyridine rings is 1. The maximum Gasteiger partial charge on any atom is 0.0974 e. The van der Waals surface area contributed by atoms with Gasteiger partial charge < -0.3 is 4.74 Å². The van der Waals surface area contributed by atoms with Gasteiger partial charge in [-0.25, -0.2) is 0 Å². The molecular formula is C31H39NO. The summed E-state index contributed by atoms with van der Waals surface area (Å²) in [4.78, 5) is 4.23. The second kappa shape index (κ2) is 7.54. The fraction of sp³-hybridized carbons (Fsp3) is 0.581. The molecule has 2 nitrogen and oxygen atoms in total. The highest BCUT2D eigenvalue weighted by Crippen LogP contribution is 2.68. The zero-order valence-corrected chi connectivity index (χ0v) is 20.7. The summed E-state index contributed by atoms with van der Waals surface area (Å²) < 4.78 is 7.37. The van der Waals surface area contributed by atoms with Crippen LogP contribution in [0, 0.1) is 30.1 Å². The van der Waals surface area contributed by atoms with Gasteiger partial charge in [0, 0.05) is 12.4 Å². The standard InChI is InChI=1S/C31H39NO/c1-5-23-7-9-25-18-26-12-14-29(4)27(21(2)6-8-24-13-17-32-20-22(24)3)10-11-28(29)31(26)16-15-30(25,19-23)33-31/h6,8,12-13,17-18,20,23,27-28H,2,5,7,9-11,14-16,19H2,1,3-4H3/b8-6-/t23-,27-,28-,29-,30-,31-/m1/s1. The molecule has 0 radical (unpaired) electrons. The van der Waals surface area contributed by atoms with E-state index >= 15 is 0 Å². The number of fused-ring (bicyclic) bond motifs is 1. The molecule has 3 heterocycles. The Morgan fingerprint density at radius 1 is 1.27 bits per heavy atom. The van der Waals surface area contributed by atoms with E-state index in [9.17, 15) is 0 Å². The summed E-state index contributed by atoms with van der Waals surface area (Å²) in [7, 11) is 0. The van der Waals surface area contributed by atoms with Crippen molar-refractivity contribution in [3.8, 4) is 0 Å². The number of nitrogens with zero attached hydrogens (tertiary/aromatic N) is 1. The zero-order valence-electron chi connectivity index (χ0n) is 20.7. The summed E-state index contributed by atoms with van der Waals surface area (Å²) in [5, 5.41) is 0. The second-order valence-electron chi connectivity index (χ2n) is 11.9. The van der Waals surface area contributed by atoms with Crippen LogP contribution in [-0.2, 0) is 4.74 Å². The quantitative estimate of drug-likeness (QED) is 0.445. The lowest BCUT2D eigenvalue weighted by Gasteiger charge is -2.54. The van der Waals surface area contributed by atoms with Crippen molar-refractivity contribution >= 4 is 6.08 Å². The average Bonchev–Trinajstić information content (AvgIpc) is 3.33. The van der Waals surface area contributed by atoms with Gasteiger partial charge in [-0.1, -0.05) is 56.7 Å². The first-order valence-electron chi connectivity index (χ1n) is 13.3. The molecule has 3 aliphatic carbocycles. The average molecular weight is 442 g/mol. The Morgan fingerprint density at radius 3 is 2.97 bits per heavy atom. The van der Waals surface area contributed by atoms with Gasteiger partial charge in [-0.2, -0.15) is 0 Å². The molecule has 2 spiro atoms. The van der Waals surface area contributed by atoms with Gasteiger partial charge >= 0.3 is 0 Å². The number of allylic oxidation sites excluding steroid dienone is 3. The van der Waals surface area contributed by atoms with Crippen LogP contribution in [0.2, 0.25) is 0 Å². The normalized spacial score (nSPS) is 41.2. The lowest BCUT2D eigenvalue weighted by Crippen LogP contribution is -2.54. The van der Waals surface area contributed by atoms with Gasteiger partial charge in [-0.15, -0.1) is 0 Å². The smallest absolute Gasteiger partial charge is 0.0974 e. The van der Waals surface area contributed by atoms with E-state index in [4.69, 9.17) is 4.74 Å². The Bertz CT molecular complexity index is 1080. The summed E-state index contributed by atoms with van der Waals surface area (Å²) in [6.07, 6.45) is 24.7. The van der Waals surface area contributed by atoms with Crippen LogP contribution in [0.3, 0.4) is 0 Å². The molecule has 0 aromatic carbocycles. The highest BCUT2D eigenvalue weighted by Gasteiger charge is 2.66. The molecule has 2 saturated carbocycles. The van der Waals surface area contributed by atoms with Crippen molar-refractivity contribution in [3.63, 3.8) is 0 Å². The van der Waals surface area contributed by atoms with Crippen LogP contribution in [-0.4, -0.2) is 16.2 Å². The monoisotopic (exact) mass is 441 g/mol. The maximum atomic E-state index is 7.37. The van der Waals surface area contributed by atoms with Crippen LogP contribution >= 0.6 is 0 Å². The molecule has 3 fully saturated rings. The molecule has 2 bridgehead atoms. The van der Waals surface area contributed by atoms with Crippen LogP contribution in [0.25, 0.3) is 6.08 Å². The summed E-state index contributed by atoms with van der Waals surface area (Å²) in [6, 6.07) is 2.10. The number of aryl methyl sites for hydroxylation is 1. The van der Waals surface area contributed by atoms with Gasteiger partial charge in [0.15, 0.2) is 0 Å². The molecule has 2 heteroatoms. The number of hydrogen-bond acceptors (Lipinski definition) is 2. The molecule has 2 aliphatic heterocycles. The van der Waals surface area contributed by atoms with Crippen LogP contribution in [0.1, 0.15) is 82.8 Å². The molecule has 174 valence electrons. The Hall–Kier alpha value is -1.93. The van der Waals surface area contributed by atoms with Crippen molar-refractivity contribution in [2.45, 2.75) is 89.8 Å². The SMILES string of the molecule is C=C(/C=C\c1ccncc1C)[C@H]1CC[C@@H]2[C@]1(C)CC=C1C=C3CC[C@@H](CC)C[C@]34CC[C@@]12O4. The molecule has 33 heavy (non-hydrogen) atoms. The maximum absolute atomic E-state index is 7.37. The largest absolute Gasteiger partial charge is 0.359 e. The van der Waals surface area contributed by atoms with Crippen molar-refractivity contribution < 1.29 is 4.74 Å². The van der Waals surface area contributed by atoms with E-state index in [2.05, 4.69) is 62.7 Å². The van der Waals surface area contributed by atoms with Crippen molar-refractivity contribution in [2.75, 3.05) is 0 Å². The van der Waals surface area contributed by atoms with E-state index in [1.54, 1.807) is 5.57 Å². The Labute approximate surface area is 199 Å². The summed E-state index contributed by atoms with van der Waals surface area (Å²) in [6.45, 7) is 11.6. The summed E-state index contributed by atoms with van der Waals surface area (Å²) in [5.41, 5.74) is 7.11. The van der Waals surface area contributed by atoms with Crippen molar-refractivity contribution in [3.05, 3.63) is 71.1 Å². The van der Waals surface area contributed by atoms with E-state index < -0.39 is 0 Å². The van der Waals surface area contributed by atoms with E-state index in [0.717, 1.165) is 12.3 Å². The first-order valence-corrected chi connectivity index (χ1v) is 13.3. The highest BCUT2D eigenvalue weighted by atomic mass is 16.5. The van der Waals surface area contributed by atoms with Crippen LogP contribution < -0.4 is 0 Å². The number of aromatic nitrogens is 1. The van der Waals surface area contributed by atoms with Crippen LogP contribution in [0.5, 0.6) is 0 Å². The molecule has 1 aromatic rings. The third kappa shape index (κ3) is 3.05. The topological polar surface area (TPSA) is 22.1 Å². The lowest BCUT2D eigenvalue weighted by atomic mass is 9.58.